The Morgan fingerprint density at radius 2 is 1.89 bits per heavy atom. The normalized spacial score (nSPS) is 30.3. The smallest absolute Gasteiger partial charge is 0.465 e. The summed E-state index contributed by atoms with van der Waals surface area (Å²) in [4.78, 5) is 25.4. The van der Waals surface area contributed by atoms with Crippen molar-refractivity contribution in [2.75, 3.05) is 19.7 Å². The number of carbonyl (C=O) groups excluding carboxylic acids is 2. The van der Waals surface area contributed by atoms with Crippen LogP contribution in [0.5, 0.6) is 0 Å². The first-order chi connectivity index (χ1) is 8.84. The Morgan fingerprint density at radius 3 is 2.32 bits per heavy atom. The molecule has 2 unspecified atom stereocenters. The molecule has 2 fully saturated rings. The van der Waals surface area contributed by atoms with Crippen molar-refractivity contribution in [3.8, 4) is 0 Å². The molecule has 1 saturated carbocycles. The first-order valence-electron chi connectivity index (χ1n) is 6.50. The van der Waals surface area contributed by atoms with E-state index in [-0.39, 0.29) is 6.61 Å². The molecular weight excluding hydrogens is 262 g/mol. The quantitative estimate of drug-likeness (QED) is 0.447. The number of likely N-dealkylation sites (tertiary alicyclic amines) is 1. The Bertz CT molecular complexity index is 395. The van der Waals surface area contributed by atoms with Gasteiger partial charge in [-0.25, -0.2) is 0 Å². The lowest BCUT2D eigenvalue weighted by Gasteiger charge is -2.25. The second-order valence-corrected chi connectivity index (χ2v) is 5.13. The number of halogens is 3. The third kappa shape index (κ3) is 2.32. The van der Waals surface area contributed by atoms with Crippen LogP contribution in [-0.4, -0.2) is 43.5 Å². The summed E-state index contributed by atoms with van der Waals surface area (Å²) in [6, 6.07) is 0. The van der Waals surface area contributed by atoms with Crippen molar-refractivity contribution in [3.63, 3.8) is 0 Å². The lowest BCUT2D eigenvalue weighted by Crippen LogP contribution is -2.42. The van der Waals surface area contributed by atoms with Crippen molar-refractivity contribution in [2.24, 2.45) is 5.41 Å². The molecule has 2 rings (SSSR count). The SMILES string of the molecule is CCOC(=O)C1(C(=O)N2CCCC2)CC1[B-](F)(F)F. The van der Waals surface area contributed by atoms with Crippen LogP contribution in [-0.2, 0) is 14.3 Å². The number of rotatable bonds is 4. The van der Waals surface area contributed by atoms with Crippen LogP contribution in [0.2, 0.25) is 5.82 Å². The maximum atomic E-state index is 12.9. The summed E-state index contributed by atoms with van der Waals surface area (Å²) in [6.07, 6.45) is 1.09. The van der Waals surface area contributed by atoms with Crippen molar-refractivity contribution in [2.45, 2.75) is 32.0 Å². The first kappa shape index (κ1) is 14.2. The molecule has 0 spiro atoms. The topological polar surface area (TPSA) is 46.6 Å². The Hall–Kier alpha value is -1.21. The Labute approximate surface area is 109 Å². The van der Waals surface area contributed by atoms with Crippen LogP contribution < -0.4 is 0 Å². The van der Waals surface area contributed by atoms with Gasteiger partial charge in [0.2, 0.25) is 5.91 Å². The molecule has 0 aromatic rings. The maximum absolute atomic E-state index is 12.9. The fourth-order valence-electron chi connectivity index (χ4n) is 2.77. The van der Waals surface area contributed by atoms with Gasteiger partial charge < -0.3 is 22.6 Å². The van der Waals surface area contributed by atoms with E-state index in [0.29, 0.717) is 13.1 Å². The molecule has 0 radical (unpaired) electrons. The molecule has 0 N–H and O–H groups in total. The zero-order valence-electron chi connectivity index (χ0n) is 10.7. The van der Waals surface area contributed by atoms with E-state index in [4.69, 9.17) is 4.74 Å². The summed E-state index contributed by atoms with van der Waals surface area (Å²) in [7, 11) is 0. The van der Waals surface area contributed by atoms with E-state index >= 15 is 0 Å². The maximum Gasteiger partial charge on any atom is 0.483 e. The number of carbonyl (C=O) groups is 2. The standard InChI is InChI=1S/C11H16BF3NO3/c1-2-19-10(18)11(7-8(11)12(13,14)15)9(17)16-5-3-4-6-16/h8H,2-7H2,1H3/q-1. The lowest BCUT2D eigenvalue weighted by atomic mass is 9.77. The summed E-state index contributed by atoms with van der Waals surface area (Å²) in [5.41, 5.74) is -1.99. The molecular formula is C11H16BF3NO3-. The van der Waals surface area contributed by atoms with Crippen molar-refractivity contribution >= 4 is 18.9 Å². The van der Waals surface area contributed by atoms with E-state index in [2.05, 4.69) is 0 Å². The van der Waals surface area contributed by atoms with Gasteiger partial charge in [0.05, 0.1) is 6.61 Å². The molecule has 2 atom stereocenters. The molecule has 19 heavy (non-hydrogen) atoms. The van der Waals surface area contributed by atoms with E-state index in [1.165, 1.54) is 11.8 Å². The molecule has 0 aromatic carbocycles. The van der Waals surface area contributed by atoms with Gasteiger partial charge >= 0.3 is 12.9 Å². The van der Waals surface area contributed by atoms with Gasteiger partial charge in [-0.05, 0) is 25.6 Å². The minimum Gasteiger partial charge on any atom is -0.465 e. The zero-order chi connectivity index (χ0) is 14.3. The molecule has 1 aliphatic carbocycles. The van der Waals surface area contributed by atoms with E-state index in [0.717, 1.165) is 12.8 Å². The lowest BCUT2D eigenvalue weighted by molar-refractivity contribution is -0.157. The van der Waals surface area contributed by atoms with Gasteiger partial charge in [0, 0.05) is 13.1 Å². The Morgan fingerprint density at radius 1 is 1.32 bits per heavy atom. The molecule has 1 amide bonds. The summed E-state index contributed by atoms with van der Waals surface area (Å²) in [5.74, 6) is -3.55. The molecule has 1 saturated heterocycles. The minimum absolute atomic E-state index is 0.0224. The number of ether oxygens (including phenoxy) is 1. The monoisotopic (exact) mass is 278 g/mol. The second-order valence-electron chi connectivity index (χ2n) is 5.13. The highest BCUT2D eigenvalue weighted by Crippen LogP contribution is 2.65. The third-order valence-corrected chi connectivity index (χ3v) is 3.89. The molecule has 8 heteroatoms. The molecule has 0 aromatic heterocycles. The van der Waals surface area contributed by atoms with Crippen molar-refractivity contribution in [1.29, 1.82) is 0 Å². The van der Waals surface area contributed by atoms with Crippen LogP contribution >= 0.6 is 0 Å². The van der Waals surface area contributed by atoms with Gasteiger partial charge in [-0.3, -0.25) is 9.59 Å². The second kappa shape index (κ2) is 4.72. The van der Waals surface area contributed by atoms with Crippen LogP contribution in [0.15, 0.2) is 0 Å². The highest BCUT2D eigenvalue weighted by Gasteiger charge is 2.72. The summed E-state index contributed by atoms with van der Waals surface area (Å²) >= 11 is 0. The number of nitrogens with zero attached hydrogens (tertiary/aromatic N) is 1. The van der Waals surface area contributed by atoms with Crippen LogP contribution in [0.4, 0.5) is 12.9 Å². The average molecular weight is 278 g/mol. The van der Waals surface area contributed by atoms with Gasteiger partial charge in [-0.1, -0.05) is 6.42 Å². The number of amides is 1. The molecule has 4 nitrogen and oxygen atoms in total. The largest absolute Gasteiger partial charge is 0.483 e. The number of hydrogen-bond donors (Lipinski definition) is 0. The highest BCUT2D eigenvalue weighted by atomic mass is 19.4. The number of hydrogen-bond acceptors (Lipinski definition) is 3. The highest BCUT2D eigenvalue weighted by molar-refractivity contribution is 6.63. The van der Waals surface area contributed by atoms with Crippen LogP contribution in [0.1, 0.15) is 26.2 Å². The van der Waals surface area contributed by atoms with Crippen LogP contribution in [0.25, 0.3) is 0 Å². The molecule has 2 aliphatic rings. The first-order valence-corrected chi connectivity index (χ1v) is 6.50. The van der Waals surface area contributed by atoms with E-state index in [9.17, 15) is 22.5 Å². The van der Waals surface area contributed by atoms with E-state index in [1.54, 1.807) is 0 Å². The molecule has 108 valence electrons. The van der Waals surface area contributed by atoms with Crippen molar-refractivity contribution in [1.82, 2.24) is 4.90 Å². The van der Waals surface area contributed by atoms with Crippen molar-refractivity contribution < 1.29 is 27.3 Å². The van der Waals surface area contributed by atoms with Gasteiger partial charge in [0.1, 0.15) is 5.41 Å². The zero-order valence-corrected chi connectivity index (χ0v) is 10.7. The van der Waals surface area contributed by atoms with Gasteiger partial charge in [0.15, 0.2) is 0 Å². The Balaban J connectivity index is 2.21. The van der Waals surface area contributed by atoms with E-state index in [1.807, 2.05) is 0 Å². The Kier molecular flexibility index (Phi) is 3.53. The van der Waals surface area contributed by atoms with Gasteiger partial charge in [-0.2, -0.15) is 0 Å². The summed E-state index contributed by atoms with van der Waals surface area (Å²) < 4.78 is 43.3. The predicted molar refractivity (Wildman–Crippen MR) is 62.3 cm³/mol. The molecule has 0 bridgehead atoms. The molecule has 1 aliphatic heterocycles. The number of esters is 1. The van der Waals surface area contributed by atoms with Crippen molar-refractivity contribution in [3.05, 3.63) is 0 Å². The summed E-state index contributed by atoms with van der Waals surface area (Å²) in [5, 5.41) is 0. The molecule has 1 heterocycles. The fraction of sp³-hybridized carbons (Fsp3) is 0.818. The average Bonchev–Trinajstić information content (AvgIpc) is 2.88. The predicted octanol–water partition coefficient (Wildman–Crippen LogP) is 1.78. The minimum atomic E-state index is -5.20. The third-order valence-electron chi connectivity index (χ3n) is 3.89. The summed E-state index contributed by atoms with van der Waals surface area (Å²) in [6.45, 7) is -2.85. The fourth-order valence-corrected chi connectivity index (χ4v) is 2.77. The van der Waals surface area contributed by atoms with E-state index < -0.39 is 36.5 Å². The van der Waals surface area contributed by atoms with Gasteiger partial charge in [0.25, 0.3) is 0 Å². The van der Waals surface area contributed by atoms with Gasteiger partial charge in [-0.15, -0.1) is 0 Å². The van der Waals surface area contributed by atoms with Crippen LogP contribution in [0.3, 0.4) is 0 Å². The van der Waals surface area contributed by atoms with Crippen LogP contribution in [0, 0.1) is 5.41 Å².